The Bertz CT molecular complexity index is 1330. The molecule has 0 bridgehead atoms. The number of amides is 2. The summed E-state index contributed by atoms with van der Waals surface area (Å²) in [6.07, 6.45) is 2.48. The molecule has 0 heterocycles. The molecule has 192 valence electrons. The van der Waals surface area contributed by atoms with Crippen molar-refractivity contribution in [2.45, 2.75) is 60.3 Å². The minimum absolute atomic E-state index is 0.0701. The Morgan fingerprint density at radius 2 is 1.14 bits per heavy atom. The van der Waals surface area contributed by atoms with Gasteiger partial charge in [-0.05, 0) is 76.4 Å². The summed E-state index contributed by atoms with van der Waals surface area (Å²) in [5, 5.41) is 5.74. The number of hydrogen-bond donors (Lipinski definition) is 2. The molecular weight excluding hydrogens is 456 g/mol. The first-order valence-corrected chi connectivity index (χ1v) is 13.2. The number of carbonyl (C=O) groups is 2. The van der Waals surface area contributed by atoms with Crippen LogP contribution in [0.15, 0.2) is 72.3 Å². The van der Waals surface area contributed by atoms with Crippen LogP contribution in [-0.4, -0.2) is 11.8 Å². The predicted octanol–water partition coefficient (Wildman–Crippen LogP) is 8.38. The highest BCUT2D eigenvalue weighted by atomic mass is 16.2. The normalized spacial score (nSPS) is 17.6. The highest BCUT2D eigenvalue weighted by Gasteiger charge is 2.33. The van der Waals surface area contributed by atoms with Gasteiger partial charge in [-0.25, -0.2) is 0 Å². The van der Waals surface area contributed by atoms with E-state index >= 15 is 0 Å². The van der Waals surface area contributed by atoms with Crippen molar-refractivity contribution in [1.82, 2.24) is 0 Å². The van der Waals surface area contributed by atoms with E-state index in [1.165, 1.54) is 41.7 Å². The maximum absolute atomic E-state index is 11.5. The van der Waals surface area contributed by atoms with E-state index in [-0.39, 0.29) is 17.7 Å². The van der Waals surface area contributed by atoms with E-state index in [0.717, 1.165) is 22.5 Å². The van der Waals surface area contributed by atoms with E-state index in [9.17, 15) is 9.59 Å². The molecular formula is C33H38N2O2. The third-order valence-corrected chi connectivity index (χ3v) is 7.83. The van der Waals surface area contributed by atoms with Crippen LogP contribution in [0.2, 0.25) is 0 Å². The monoisotopic (exact) mass is 494 g/mol. The van der Waals surface area contributed by atoms with Crippen LogP contribution in [-0.2, 0) is 9.59 Å². The molecule has 0 saturated heterocycles. The molecule has 0 radical (unpaired) electrons. The number of anilines is 2. The van der Waals surface area contributed by atoms with Crippen molar-refractivity contribution in [3.63, 3.8) is 0 Å². The van der Waals surface area contributed by atoms with Gasteiger partial charge in [0, 0.05) is 37.1 Å². The standard InChI is InChI=1S/C33H38N2O2/c1-19(2)21(4)31-18-20(3)22(5)32-29(25-8-12-27(13-9-25)34-23(6)36)16-17-30(33(31)32)26-10-14-28(15-11-26)35-24(7)37/h8-19,21-22,31H,1-7H3,(H,34,36)(H,35,37). The summed E-state index contributed by atoms with van der Waals surface area (Å²) in [4.78, 5) is 23.0. The molecule has 3 atom stereocenters. The van der Waals surface area contributed by atoms with E-state index in [0.29, 0.717) is 17.8 Å². The zero-order valence-corrected chi connectivity index (χ0v) is 23.0. The molecule has 37 heavy (non-hydrogen) atoms. The quantitative estimate of drug-likeness (QED) is 0.338. The predicted molar refractivity (Wildman–Crippen MR) is 155 cm³/mol. The molecule has 1 aliphatic carbocycles. The summed E-state index contributed by atoms with van der Waals surface area (Å²) in [6, 6.07) is 20.8. The summed E-state index contributed by atoms with van der Waals surface area (Å²) >= 11 is 0. The summed E-state index contributed by atoms with van der Waals surface area (Å²) in [5.74, 6) is 1.45. The summed E-state index contributed by atoms with van der Waals surface area (Å²) in [7, 11) is 0. The van der Waals surface area contributed by atoms with E-state index < -0.39 is 0 Å². The topological polar surface area (TPSA) is 58.2 Å². The van der Waals surface area contributed by atoms with Gasteiger partial charge in [0.05, 0.1) is 0 Å². The lowest BCUT2D eigenvalue weighted by atomic mass is 9.67. The Labute approximate surface area is 221 Å². The lowest BCUT2D eigenvalue weighted by Crippen LogP contribution is -2.22. The largest absolute Gasteiger partial charge is 0.326 e. The average molecular weight is 495 g/mol. The van der Waals surface area contributed by atoms with Crippen molar-refractivity contribution in [3.8, 4) is 22.3 Å². The van der Waals surface area contributed by atoms with Gasteiger partial charge in [0.25, 0.3) is 0 Å². The molecule has 1 aliphatic rings. The van der Waals surface area contributed by atoms with Crippen molar-refractivity contribution < 1.29 is 9.59 Å². The lowest BCUT2D eigenvalue weighted by molar-refractivity contribution is -0.115. The number of carbonyl (C=O) groups excluding carboxylic acids is 2. The van der Waals surface area contributed by atoms with Gasteiger partial charge in [0.15, 0.2) is 0 Å². The van der Waals surface area contributed by atoms with Crippen molar-refractivity contribution >= 4 is 23.2 Å². The summed E-state index contributed by atoms with van der Waals surface area (Å²) < 4.78 is 0. The molecule has 3 aromatic carbocycles. The average Bonchev–Trinajstić information content (AvgIpc) is 2.85. The van der Waals surface area contributed by atoms with Crippen LogP contribution in [0.5, 0.6) is 0 Å². The first kappa shape index (κ1) is 26.4. The molecule has 4 rings (SSSR count). The number of nitrogens with one attached hydrogen (secondary N) is 2. The van der Waals surface area contributed by atoms with E-state index in [2.05, 4.69) is 87.7 Å². The summed E-state index contributed by atoms with van der Waals surface area (Å²) in [5.41, 5.74) is 10.6. The first-order chi connectivity index (χ1) is 17.6. The minimum Gasteiger partial charge on any atom is -0.326 e. The van der Waals surface area contributed by atoms with Gasteiger partial charge in [-0.1, -0.05) is 75.7 Å². The van der Waals surface area contributed by atoms with Crippen LogP contribution >= 0.6 is 0 Å². The molecule has 0 aliphatic heterocycles. The van der Waals surface area contributed by atoms with Crippen LogP contribution in [0.25, 0.3) is 22.3 Å². The molecule has 2 amide bonds. The van der Waals surface area contributed by atoms with Gasteiger partial charge in [-0.3, -0.25) is 9.59 Å². The number of fused-ring (bicyclic) bond motifs is 1. The fourth-order valence-corrected chi connectivity index (χ4v) is 5.41. The Morgan fingerprint density at radius 3 is 1.54 bits per heavy atom. The fourth-order valence-electron chi connectivity index (χ4n) is 5.41. The second kappa shape index (κ2) is 10.8. The van der Waals surface area contributed by atoms with Gasteiger partial charge in [-0.15, -0.1) is 0 Å². The van der Waals surface area contributed by atoms with Crippen LogP contribution in [0, 0.1) is 11.8 Å². The second-order valence-electron chi connectivity index (χ2n) is 10.8. The first-order valence-electron chi connectivity index (χ1n) is 13.2. The molecule has 0 aromatic heterocycles. The molecule has 4 heteroatoms. The highest BCUT2D eigenvalue weighted by molar-refractivity contribution is 5.90. The lowest BCUT2D eigenvalue weighted by Gasteiger charge is -2.37. The molecule has 4 nitrogen and oxygen atoms in total. The zero-order chi connectivity index (χ0) is 26.9. The van der Waals surface area contributed by atoms with E-state index in [4.69, 9.17) is 0 Å². The van der Waals surface area contributed by atoms with Crippen molar-refractivity contribution in [2.24, 2.45) is 11.8 Å². The Hall–Kier alpha value is -3.66. The fraction of sp³-hybridized carbons (Fsp3) is 0.333. The van der Waals surface area contributed by atoms with Crippen LogP contribution in [0.3, 0.4) is 0 Å². The Kier molecular flexibility index (Phi) is 7.68. The van der Waals surface area contributed by atoms with Gasteiger partial charge in [0.2, 0.25) is 11.8 Å². The minimum atomic E-state index is -0.0705. The zero-order valence-electron chi connectivity index (χ0n) is 23.0. The molecule has 2 N–H and O–H groups in total. The SMILES string of the molecule is CC(=O)Nc1ccc(-c2ccc(-c3ccc(NC(C)=O)cc3)c3c2C(C)C(C)=CC3C(C)C(C)C)cc1. The third-order valence-electron chi connectivity index (χ3n) is 7.83. The number of rotatable bonds is 6. The summed E-state index contributed by atoms with van der Waals surface area (Å²) in [6.45, 7) is 14.6. The van der Waals surface area contributed by atoms with Crippen LogP contribution in [0.4, 0.5) is 11.4 Å². The van der Waals surface area contributed by atoms with Gasteiger partial charge in [0.1, 0.15) is 0 Å². The maximum atomic E-state index is 11.5. The second-order valence-corrected chi connectivity index (χ2v) is 10.8. The number of benzene rings is 3. The molecule has 3 aromatic rings. The molecule has 3 unspecified atom stereocenters. The Morgan fingerprint density at radius 1 is 0.703 bits per heavy atom. The maximum Gasteiger partial charge on any atom is 0.221 e. The number of allylic oxidation sites excluding steroid dienone is 2. The highest BCUT2D eigenvalue weighted by Crippen LogP contribution is 2.50. The number of hydrogen-bond acceptors (Lipinski definition) is 2. The molecule has 0 spiro atoms. The smallest absolute Gasteiger partial charge is 0.221 e. The van der Waals surface area contributed by atoms with Crippen LogP contribution in [0.1, 0.15) is 71.4 Å². The molecule has 0 fully saturated rings. The van der Waals surface area contributed by atoms with Crippen LogP contribution < -0.4 is 10.6 Å². The Balaban J connectivity index is 1.91. The van der Waals surface area contributed by atoms with Crippen molar-refractivity contribution in [3.05, 3.63) is 83.4 Å². The van der Waals surface area contributed by atoms with E-state index in [1.54, 1.807) is 0 Å². The van der Waals surface area contributed by atoms with E-state index in [1.807, 2.05) is 24.3 Å². The van der Waals surface area contributed by atoms with Crippen molar-refractivity contribution in [1.29, 1.82) is 0 Å². The van der Waals surface area contributed by atoms with Gasteiger partial charge < -0.3 is 10.6 Å². The van der Waals surface area contributed by atoms with Gasteiger partial charge in [-0.2, -0.15) is 0 Å². The third kappa shape index (κ3) is 5.53. The van der Waals surface area contributed by atoms with Gasteiger partial charge >= 0.3 is 0 Å². The molecule has 0 saturated carbocycles. The van der Waals surface area contributed by atoms with Crippen molar-refractivity contribution in [2.75, 3.05) is 10.6 Å².